The van der Waals surface area contributed by atoms with Gasteiger partial charge >= 0.3 is 0 Å². The lowest BCUT2D eigenvalue weighted by atomic mass is 10.0. The van der Waals surface area contributed by atoms with E-state index in [0.29, 0.717) is 28.7 Å². The third kappa shape index (κ3) is 5.11. The molecular formula is C22H29N7O2. The molecule has 2 aliphatic carbocycles. The molecule has 1 aromatic rings. The van der Waals surface area contributed by atoms with Crippen LogP contribution in [0.5, 0.6) is 0 Å². The van der Waals surface area contributed by atoms with Gasteiger partial charge in [0.1, 0.15) is 17.3 Å². The minimum absolute atomic E-state index is 0.228. The average Bonchev–Trinajstić information content (AvgIpc) is 3.50. The summed E-state index contributed by atoms with van der Waals surface area (Å²) in [4.78, 5) is 23.7. The highest BCUT2D eigenvalue weighted by Crippen LogP contribution is 2.24. The van der Waals surface area contributed by atoms with E-state index in [0.717, 1.165) is 37.9 Å². The lowest BCUT2D eigenvalue weighted by molar-refractivity contribution is 0.0957. The molecule has 2 fully saturated rings. The maximum Gasteiger partial charge on any atom is 0.275 e. The van der Waals surface area contributed by atoms with Gasteiger partial charge in [0.25, 0.3) is 5.91 Å². The third-order valence-corrected chi connectivity index (χ3v) is 5.67. The van der Waals surface area contributed by atoms with Crippen LogP contribution in [0.1, 0.15) is 29.8 Å². The van der Waals surface area contributed by atoms with Crippen molar-refractivity contribution in [2.75, 3.05) is 38.7 Å². The number of methoxy groups -OCH3 is 1. The van der Waals surface area contributed by atoms with E-state index in [1.165, 1.54) is 26.1 Å². The monoisotopic (exact) mass is 423 g/mol. The number of allylic oxidation sites excluding steroid dienone is 3. The number of rotatable bonds is 8. The van der Waals surface area contributed by atoms with E-state index in [2.05, 4.69) is 30.8 Å². The first-order valence-electron chi connectivity index (χ1n) is 10.6. The molecule has 1 saturated heterocycles. The quantitative estimate of drug-likeness (QED) is 0.499. The van der Waals surface area contributed by atoms with Crippen molar-refractivity contribution in [3.05, 3.63) is 53.5 Å². The molecular weight excluding hydrogens is 394 g/mol. The molecule has 31 heavy (non-hydrogen) atoms. The van der Waals surface area contributed by atoms with Crippen molar-refractivity contribution in [2.24, 2.45) is 5.92 Å². The molecule has 1 amide bonds. The van der Waals surface area contributed by atoms with Gasteiger partial charge in [-0.25, -0.2) is 9.97 Å². The average molecular weight is 424 g/mol. The number of hydrogen-bond donors (Lipinski definition) is 4. The number of nitrogens with one attached hydrogen (secondary N) is 4. The summed E-state index contributed by atoms with van der Waals surface area (Å²) in [6.45, 7) is 2.97. The van der Waals surface area contributed by atoms with Crippen molar-refractivity contribution in [1.82, 2.24) is 25.9 Å². The second kappa shape index (κ2) is 9.30. The molecule has 3 aliphatic rings. The lowest BCUT2D eigenvalue weighted by Crippen LogP contribution is -2.29. The Balaban J connectivity index is 1.38. The highest BCUT2D eigenvalue weighted by atomic mass is 16.5. The van der Waals surface area contributed by atoms with Crippen LogP contribution in [0, 0.1) is 11.3 Å². The fourth-order valence-corrected chi connectivity index (χ4v) is 3.75. The Hall–Kier alpha value is -3.20. The van der Waals surface area contributed by atoms with E-state index in [4.69, 9.17) is 10.1 Å². The van der Waals surface area contributed by atoms with Crippen LogP contribution in [0.2, 0.25) is 0 Å². The third-order valence-electron chi connectivity index (χ3n) is 5.67. The maximum atomic E-state index is 12.7. The predicted octanol–water partition coefficient (Wildman–Crippen LogP) is 1.34. The van der Waals surface area contributed by atoms with Gasteiger partial charge in [-0.15, -0.1) is 0 Å². The van der Waals surface area contributed by atoms with Gasteiger partial charge in [-0.2, -0.15) is 0 Å². The SMILES string of the molecule is CN/C=C1/C=C(NC(=O)c2cnc(N3CCC(CNC4CC4)C3)cn2)C(OC)=CC1=N. The van der Waals surface area contributed by atoms with Gasteiger partial charge in [-0.1, -0.05) is 0 Å². The summed E-state index contributed by atoms with van der Waals surface area (Å²) in [6, 6.07) is 0.731. The molecule has 0 bridgehead atoms. The zero-order valence-electron chi connectivity index (χ0n) is 17.9. The molecule has 0 aromatic carbocycles. The van der Waals surface area contributed by atoms with Crippen LogP contribution in [0.25, 0.3) is 0 Å². The van der Waals surface area contributed by atoms with Crippen LogP contribution in [-0.2, 0) is 4.74 Å². The molecule has 0 spiro atoms. The van der Waals surface area contributed by atoms with Gasteiger partial charge in [0.05, 0.1) is 30.9 Å². The Labute approximate surface area is 182 Å². The van der Waals surface area contributed by atoms with Crippen molar-refractivity contribution >= 4 is 17.4 Å². The molecule has 9 nitrogen and oxygen atoms in total. The highest BCUT2D eigenvalue weighted by Gasteiger charge is 2.27. The fourth-order valence-electron chi connectivity index (χ4n) is 3.75. The number of hydrogen-bond acceptors (Lipinski definition) is 8. The number of aromatic nitrogens is 2. The van der Waals surface area contributed by atoms with Crippen molar-refractivity contribution in [1.29, 1.82) is 5.41 Å². The van der Waals surface area contributed by atoms with Crippen molar-refractivity contribution < 1.29 is 9.53 Å². The zero-order chi connectivity index (χ0) is 21.8. The first-order chi connectivity index (χ1) is 15.1. The number of ether oxygens (including phenoxy) is 1. The standard InChI is InChI=1S/C22H29N7O2/c1-24-10-15-7-18(20(31-2)8-17(15)23)28-22(30)19-11-27-21(12-26-19)29-6-5-14(13-29)9-25-16-3-4-16/h7-8,10-12,14,16,23-25H,3-6,9,13H2,1-2H3,(H,28,30)/b15-10-,23-17?. The topological polar surface area (TPSA) is 115 Å². The molecule has 1 aliphatic heterocycles. The second-order valence-electron chi connectivity index (χ2n) is 8.07. The summed E-state index contributed by atoms with van der Waals surface area (Å²) in [7, 11) is 3.26. The van der Waals surface area contributed by atoms with E-state index < -0.39 is 0 Å². The Bertz CT molecular complexity index is 932. The number of carbonyl (C=O) groups is 1. The summed E-state index contributed by atoms with van der Waals surface area (Å²) in [5.74, 6) is 1.46. The minimum atomic E-state index is -0.376. The van der Waals surface area contributed by atoms with E-state index in [9.17, 15) is 4.79 Å². The van der Waals surface area contributed by atoms with Crippen LogP contribution in [-0.4, -0.2) is 61.4 Å². The molecule has 9 heteroatoms. The highest BCUT2D eigenvalue weighted by molar-refractivity contribution is 6.10. The number of amides is 1. The van der Waals surface area contributed by atoms with Gasteiger partial charge in [-0.3, -0.25) is 4.79 Å². The largest absolute Gasteiger partial charge is 0.494 e. The van der Waals surface area contributed by atoms with Crippen LogP contribution in [0.15, 0.2) is 47.8 Å². The smallest absolute Gasteiger partial charge is 0.275 e. The first kappa shape index (κ1) is 21.0. The summed E-state index contributed by atoms with van der Waals surface area (Å²) < 4.78 is 5.31. The van der Waals surface area contributed by atoms with Crippen molar-refractivity contribution in [3.8, 4) is 0 Å². The summed E-state index contributed by atoms with van der Waals surface area (Å²) in [5, 5.41) is 17.3. The minimum Gasteiger partial charge on any atom is -0.494 e. The van der Waals surface area contributed by atoms with Crippen molar-refractivity contribution in [3.63, 3.8) is 0 Å². The van der Waals surface area contributed by atoms with Gasteiger partial charge in [0.15, 0.2) is 0 Å². The molecule has 4 rings (SSSR count). The van der Waals surface area contributed by atoms with E-state index in [-0.39, 0.29) is 11.6 Å². The van der Waals surface area contributed by atoms with Gasteiger partial charge < -0.3 is 31.0 Å². The molecule has 164 valence electrons. The van der Waals surface area contributed by atoms with Crippen LogP contribution >= 0.6 is 0 Å². The number of nitrogens with zero attached hydrogens (tertiary/aromatic N) is 3. The molecule has 2 heterocycles. The van der Waals surface area contributed by atoms with Crippen LogP contribution in [0.4, 0.5) is 5.82 Å². The van der Waals surface area contributed by atoms with Gasteiger partial charge in [-0.05, 0) is 37.8 Å². The molecule has 1 aromatic heterocycles. The first-order valence-corrected chi connectivity index (χ1v) is 10.6. The summed E-state index contributed by atoms with van der Waals surface area (Å²) in [6.07, 6.45) is 11.9. The predicted molar refractivity (Wildman–Crippen MR) is 119 cm³/mol. The van der Waals surface area contributed by atoms with Crippen molar-refractivity contribution in [2.45, 2.75) is 25.3 Å². The van der Waals surface area contributed by atoms with Crippen LogP contribution < -0.4 is 20.9 Å². The molecule has 0 radical (unpaired) electrons. The van der Waals surface area contributed by atoms with E-state index >= 15 is 0 Å². The molecule has 1 saturated carbocycles. The van der Waals surface area contributed by atoms with Gasteiger partial charge in [0.2, 0.25) is 0 Å². The normalized spacial score (nSPS) is 22.3. The molecule has 4 N–H and O–H groups in total. The maximum absolute atomic E-state index is 12.7. The fraction of sp³-hybridized carbons (Fsp3) is 0.455. The Kier molecular flexibility index (Phi) is 6.31. The Morgan fingerprint density at radius 1 is 1.29 bits per heavy atom. The summed E-state index contributed by atoms with van der Waals surface area (Å²) in [5.41, 5.74) is 1.64. The number of anilines is 1. The van der Waals surface area contributed by atoms with Crippen LogP contribution in [0.3, 0.4) is 0 Å². The van der Waals surface area contributed by atoms with E-state index in [1.54, 1.807) is 31.6 Å². The Morgan fingerprint density at radius 2 is 2.13 bits per heavy atom. The Morgan fingerprint density at radius 3 is 2.81 bits per heavy atom. The number of carbonyl (C=O) groups excluding carboxylic acids is 1. The summed E-state index contributed by atoms with van der Waals surface area (Å²) >= 11 is 0. The second-order valence-corrected chi connectivity index (χ2v) is 8.07. The molecule has 1 atom stereocenters. The van der Waals surface area contributed by atoms with Gasteiger partial charge in [0, 0.05) is 44.0 Å². The van der Waals surface area contributed by atoms with E-state index in [1.807, 2.05) is 0 Å². The molecule has 1 unspecified atom stereocenters. The lowest BCUT2D eigenvalue weighted by Gasteiger charge is -2.19. The zero-order valence-corrected chi connectivity index (χ0v) is 17.9.